The molecule has 0 spiro atoms. The van der Waals surface area contributed by atoms with E-state index in [1.807, 2.05) is 0 Å². The number of H-pyrrole nitrogens is 1. The lowest BCUT2D eigenvalue weighted by atomic mass is 10.1. The highest BCUT2D eigenvalue weighted by molar-refractivity contribution is 6.13. The van der Waals surface area contributed by atoms with E-state index in [9.17, 15) is 13.9 Å². The number of aromatic nitrogens is 3. The van der Waals surface area contributed by atoms with Crippen molar-refractivity contribution in [3.05, 3.63) is 53.9 Å². The van der Waals surface area contributed by atoms with Crippen LogP contribution >= 0.6 is 0 Å². The molecule has 0 aliphatic carbocycles. The zero-order valence-electron chi connectivity index (χ0n) is 11.5. The molecule has 0 fully saturated rings. The van der Waals surface area contributed by atoms with Gasteiger partial charge in [0.15, 0.2) is 0 Å². The first-order chi connectivity index (χ1) is 11.1. The van der Waals surface area contributed by atoms with Gasteiger partial charge in [-0.25, -0.2) is 18.8 Å². The van der Waals surface area contributed by atoms with E-state index in [1.54, 1.807) is 0 Å². The fourth-order valence-electron chi connectivity index (χ4n) is 2.43. The Bertz CT molecular complexity index is 931. The van der Waals surface area contributed by atoms with E-state index < -0.39 is 11.6 Å². The summed E-state index contributed by atoms with van der Waals surface area (Å²) in [5.74, 6) is -1.67. The van der Waals surface area contributed by atoms with Crippen molar-refractivity contribution in [1.29, 1.82) is 0 Å². The number of hydrogen-bond donors (Lipinski definition) is 3. The zero-order chi connectivity index (χ0) is 16.0. The number of benzene rings is 1. The van der Waals surface area contributed by atoms with Crippen LogP contribution in [0.4, 0.5) is 20.2 Å². The van der Waals surface area contributed by atoms with Crippen LogP contribution in [0.15, 0.2) is 41.7 Å². The Morgan fingerprint density at radius 2 is 1.87 bits per heavy atom. The van der Waals surface area contributed by atoms with E-state index in [0.29, 0.717) is 22.6 Å². The summed E-state index contributed by atoms with van der Waals surface area (Å²) >= 11 is 0. The quantitative estimate of drug-likeness (QED) is 0.644. The normalized spacial score (nSPS) is 12.7. The zero-order valence-corrected chi connectivity index (χ0v) is 11.5. The van der Waals surface area contributed by atoms with Gasteiger partial charge in [-0.15, -0.1) is 0 Å². The molecule has 3 N–H and O–H groups in total. The second-order valence-corrected chi connectivity index (χ2v) is 4.90. The second-order valence-electron chi connectivity index (χ2n) is 4.90. The number of amidine groups is 1. The lowest BCUT2D eigenvalue weighted by molar-refractivity contribution is 0.454. The molecule has 0 atom stereocenters. The molecule has 3 heterocycles. The van der Waals surface area contributed by atoms with E-state index >= 15 is 0 Å². The van der Waals surface area contributed by atoms with E-state index in [1.165, 1.54) is 24.5 Å². The Morgan fingerprint density at radius 1 is 1.09 bits per heavy atom. The Kier molecular flexibility index (Phi) is 2.83. The van der Waals surface area contributed by atoms with Gasteiger partial charge in [0.25, 0.3) is 0 Å². The fraction of sp³-hybridized carbons (Fsp3) is 0. The van der Waals surface area contributed by atoms with Gasteiger partial charge in [0.2, 0.25) is 5.88 Å². The lowest BCUT2D eigenvalue weighted by Gasteiger charge is -2.11. The second kappa shape index (κ2) is 4.87. The average molecular weight is 313 g/mol. The van der Waals surface area contributed by atoms with Crippen LogP contribution in [0.3, 0.4) is 0 Å². The van der Waals surface area contributed by atoms with Crippen LogP contribution < -0.4 is 5.32 Å². The Balaban J connectivity index is 1.97. The molecule has 8 heteroatoms. The van der Waals surface area contributed by atoms with Gasteiger partial charge >= 0.3 is 0 Å². The van der Waals surface area contributed by atoms with Gasteiger partial charge in [-0.1, -0.05) is 6.07 Å². The number of aliphatic imine (C=N–C) groups is 1. The number of fused-ring (bicyclic) bond motifs is 3. The van der Waals surface area contributed by atoms with Crippen LogP contribution in [0, 0.1) is 11.6 Å². The number of aromatic hydroxyl groups is 1. The minimum atomic E-state index is -0.739. The highest BCUT2D eigenvalue weighted by Crippen LogP contribution is 2.37. The van der Waals surface area contributed by atoms with Gasteiger partial charge in [0.05, 0.1) is 29.3 Å². The standard InChI is InChI=1S/C15H9F2N5O/c16-8-2-1-3-9(17)13(8)15-20-10-5-18-12(23)4-7(10)14-11(21-15)6-19-22-14/h1-6H,(H,18,23)(H,19,22)(H,20,21). The first-order valence-corrected chi connectivity index (χ1v) is 6.66. The number of nitrogens with zero attached hydrogens (tertiary/aromatic N) is 3. The molecule has 0 saturated carbocycles. The van der Waals surface area contributed by atoms with Gasteiger partial charge < -0.3 is 10.4 Å². The van der Waals surface area contributed by atoms with E-state index in [4.69, 9.17) is 0 Å². The summed E-state index contributed by atoms with van der Waals surface area (Å²) in [6.07, 6.45) is 2.79. The maximum Gasteiger partial charge on any atom is 0.211 e. The molecule has 2 aromatic heterocycles. The molecule has 0 amide bonds. The molecule has 1 aromatic carbocycles. The number of hydrogen-bond acceptors (Lipinski definition) is 5. The van der Waals surface area contributed by atoms with E-state index in [-0.39, 0.29) is 17.3 Å². The maximum absolute atomic E-state index is 14.1. The number of rotatable bonds is 1. The first-order valence-electron chi connectivity index (χ1n) is 6.66. The van der Waals surface area contributed by atoms with Crippen LogP contribution in [-0.2, 0) is 0 Å². The van der Waals surface area contributed by atoms with Crippen molar-refractivity contribution >= 4 is 17.2 Å². The molecule has 23 heavy (non-hydrogen) atoms. The lowest BCUT2D eigenvalue weighted by Crippen LogP contribution is -2.17. The van der Waals surface area contributed by atoms with Gasteiger partial charge in [0.1, 0.15) is 23.2 Å². The summed E-state index contributed by atoms with van der Waals surface area (Å²) < 4.78 is 28.1. The Morgan fingerprint density at radius 3 is 2.65 bits per heavy atom. The van der Waals surface area contributed by atoms with Gasteiger partial charge in [-0.2, -0.15) is 5.10 Å². The van der Waals surface area contributed by atoms with E-state index in [0.717, 1.165) is 12.1 Å². The van der Waals surface area contributed by atoms with Crippen molar-refractivity contribution in [2.75, 3.05) is 5.32 Å². The van der Waals surface area contributed by atoms with Crippen molar-refractivity contribution in [2.24, 2.45) is 4.99 Å². The minimum Gasteiger partial charge on any atom is -0.493 e. The van der Waals surface area contributed by atoms with Gasteiger partial charge in [-0.05, 0) is 12.1 Å². The predicted octanol–water partition coefficient (Wildman–Crippen LogP) is 2.96. The van der Waals surface area contributed by atoms with Crippen molar-refractivity contribution in [2.45, 2.75) is 0 Å². The summed E-state index contributed by atoms with van der Waals surface area (Å²) in [6, 6.07) is 5.00. The third-order valence-electron chi connectivity index (χ3n) is 3.46. The molecule has 0 saturated heterocycles. The molecular formula is C15H9F2N5O. The molecule has 3 aromatic rings. The molecule has 0 radical (unpaired) electrons. The van der Waals surface area contributed by atoms with Crippen LogP contribution in [0.1, 0.15) is 5.56 Å². The molecular weight excluding hydrogens is 304 g/mol. The summed E-state index contributed by atoms with van der Waals surface area (Å²) in [6.45, 7) is 0. The highest BCUT2D eigenvalue weighted by Gasteiger charge is 2.23. The SMILES string of the molecule is Oc1cc2c(cn1)NC(c1c(F)cccc1F)=Nc1cn[nH]c1-2. The number of aromatic amines is 1. The smallest absolute Gasteiger partial charge is 0.211 e. The Labute approximate surface area is 128 Å². The monoisotopic (exact) mass is 313 g/mol. The van der Waals surface area contributed by atoms with Crippen molar-refractivity contribution in [3.8, 4) is 17.1 Å². The number of anilines is 1. The molecule has 6 nitrogen and oxygen atoms in total. The van der Waals surface area contributed by atoms with E-state index in [2.05, 4.69) is 25.5 Å². The summed E-state index contributed by atoms with van der Waals surface area (Å²) in [7, 11) is 0. The summed E-state index contributed by atoms with van der Waals surface area (Å²) in [5.41, 5.74) is 1.60. The fourth-order valence-corrected chi connectivity index (χ4v) is 2.43. The van der Waals surface area contributed by atoms with Crippen molar-refractivity contribution < 1.29 is 13.9 Å². The molecule has 0 bridgehead atoms. The van der Waals surface area contributed by atoms with Crippen LogP contribution in [0.2, 0.25) is 0 Å². The Hall–Kier alpha value is -3.29. The summed E-state index contributed by atoms with van der Waals surface area (Å²) in [4.78, 5) is 8.04. The van der Waals surface area contributed by atoms with Gasteiger partial charge in [0, 0.05) is 11.6 Å². The van der Waals surface area contributed by atoms with Crippen molar-refractivity contribution in [3.63, 3.8) is 0 Å². The minimum absolute atomic E-state index is 0.00510. The average Bonchev–Trinajstić information content (AvgIpc) is 2.91. The van der Waals surface area contributed by atoms with Crippen LogP contribution in [0.5, 0.6) is 5.88 Å². The highest BCUT2D eigenvalue weighted by atomic mass is 19.1. The van der Waals surface area contributed by atoms with Crippen LogP contribution in [-0.4, -0.2) is 26.1 Å². The molecule has 1 aliphatic heterocycles. The number of halogens is 2. The third-order valence-corrected chi connectivity index (χ3v) is 3.46. The molecule has 0 unspecified atom stereocenters. The topological polar surface area (TPSA) is 86.2 Å². The predicted molar refractivity (Wildman–Crippen MR) is 79.7 cm³/mol. The number of nitrogens with one attached hydrogen (secondary N) is 2. The molecule has 4 rings (SSSR count). The number of pyridine rings is 1. The molecule has 1 aliphatic rings. The summed E-state index contributed by atoms with van der Waals surface area (Å²) in [5, 5.41) is 19.1. The van der Waals surface area contributed by atoms with Gasteiger partial charge in [-0.3, -0.25) is 5.10 Å². The van der Waals surface area contributed by atoms with Crippen molar-refractivity contribution in [1.82, 2.24) is 15.2 Å². The largest absolute Gasteiger partial charge is 0.493 e. The maximum atomic E-state index is 14.1. The van der Waals surface area contributed by atoms with Crippen LogP contribution in [0.25, 0.3) is 11.3 Å². The first kappa shape index (κ1) is 13.4. The molecule has 114 valence electrons. The third kappa shape index (κ3) is 2.11.